The van der Waals surface area contributed by atoms with E-state index in [9.17, 15) is 19.8 Å². The van der Waals surface area contributed by atoms with Gasteiger partial charge in [0, 0.05) is 69.9 Å². The van der Waals surface area contributed by atoms with Gasteiger partial charge in [0.25, 0.3) is 0 Å². The van der Waals surface area contributed by atoms with Crippen molar-refractivity contribution < 1.29 is 29.3 Å². The van der Waals surface area contributed by atoms with Gasteiger partial charge in [0.05, 0.1) is 56.6 Å². The Morgan fingerprint density at radius 2 is 1.21 bits per heavy atom. The largest absolute Gasteiger partial charge is 0.477 e. The fraction of sp³-hybridized carbons (Fsp3) is 0.542. The molecule has 0 bridgehead atoms. The second-order valence-corrected chi connectivity index (χ2v) is 20.9. The number of nitrogens with two attached hydrogens (primary N) is 1. The molecule has 17 nitrogen and oxygen atoms in total. The maximum Gasteiger partial charge on any atom is 0.354 e. The summed E-state index contributed by atoms with van der Waals surface area (Å²) in [7, 11) is 0. The number of para-hydroxylation sites is 2. The van der Waals surface area contributed by atoms with Gasteiger partial charge in [-0.1, -0.05) is 88.0 Å². The number of carboxylic acid groups (broad SMARTS) is 2. The van der Waals surface area contributed by atoms with Gasteiger partial charge in [0.1, 0.15) is 0 Å². The van der Waals surface area contributed by atoms with Crippen molar-refractivity contribution in [1.29, 1.82) is 0 Å². The summed E-state index contributed by atoms with van der Waals surface area (Å²) in [6.45, 7) is 16.8. The minimum atomic E-state index is -1.10. The normalized spacial score (nSPS) is 19.1. The van der Waals surface area contributed by atoms with E-state index in [2.05, 4.69) is 50.8 Å². The molecule has 0 spiro atoms. The van der Waals surface area contributed by atoms with E-state index in [0.717, 1.165) is 104 Å². The van der Waals surface area contributed by atoms with Crippen LogP contribution >= 0.6 is 11.6 Å². The molecule has 6 aliphatic rings. The van der Waals surface area contributed by atoms with Crippen LogP contribution in [0.25, 0.3) is 33.4 Å². The third kappa shape index (κ3) is 14.8. The van der Waals surface area contributed by atoms with E-state index in [1.807, 2.05) is 60.7 Å². The second-order valence-electron chi connectivity index (χ2n) is 20.5. The van der Waals surface area contributed by atoms with Gasteiger partial charge in [0.2, 0.25) is 0 Å². The van der Waals surface area contributed by atoms with E-state index in [1.54, 1.807) is 15.4 Å². The van der Waals surface area contributed by atoms with Crippen LogP contribution in [0.3, 0.4) is 0 Å². The molecule has 77 heavy (non-hydrogen) atoms. The van der Waals surface area contributed by atoms with Crippen molar-refractivity contribution in [3.63, 3.8) is 0 Å². The molecule has 4 aliphatic heterocycles. The minimum absolute atomic E-state index is 0.0181. The number of aromatic nitrogens is 6. The lowest BCUT2D eigenvalue weighted by Crippen LogP contribution is -2.34. The maximum atomic E-state index is 11.8. The summed E-state index contributed by atoms with van der Waals surface area (Å²) >= 11 is 6.38. The van der Waals surface area contributed by atoms with Gasteiger partial charge in [-0.25, -0.2) is 28.9 Å². The van der Waals surface area contributed by atoms with Crippen molar-refractivity contribution in [2.45, 2.75) is 141 Å². The Balaban J connectivity index is 0.000000143. The van der Waals surface area contributed by atoms with Gasteiger partial charge >= 0.3 is 11.9 Å². The van der Waals surface area contributed by atoms with Crippen molar-refractivity contribution in [2.75, 3.05) is 70.9 Å². The fourth-order valence-electron chi connectivity index (χ4n) is 10.5. The SMILES string of the molecule is C1CCC2=NCCCN2CC1.CCN(CC)CC.NC[C@@H]1CCCO1.O=C(O)c1cc(Cl)c2c(C3CCC3)nn(-c3ccccc3)c2n1.O=C(O)c1cc(NC[C@@H]2CCCO2)c2c(C3CCC3)nn(-c3ccccc3)c2n1. The standard InChI is InChI=1S/C22H24N4O3.C17H14ClN3O2.C9H16N2.C6H15N.C5H11NO/c27-22(28)18-12-17(23-13-16-10-5-11-29-16)19-20(14-6-4-7-14)25-26(21(19)24-18)15-8-2-1-3-9-15;18-12-9-13(17(22)23)19-16-14(12)15(10-5-4-6-10)20-21(16)11-7-2-1-3-8-11;1-2-5-9-10-6-4-8-11(9)7-3-1;1-4-7(5-2)6-3;6-4-5-2-1-3-7-5/h1-3,8-9,12,14,16H,4-7,10-11,13H2,(H,23,24)(H,27,28);1-3,7-10H,4-6H2,(H,22,23);1-8H2;4-6H2,1-3H3;5H,1-4,6H2/t16-;;;;5-/m0...0/s1. The third-order valence-corrected chi connectivity index (χ3v) is 15.7. The van der Waals surface area contributed by atoms with Gasteiger partial charge in [-0.3, -0.25) is 4.99 Å². The Morgan fingerprint density at radius 1 is 0.675 bits per heavy atom. The Bertz CT molecular complexity index is 2850. The Hall–Kier alpha value is -5.98. The smallest absolute Gasteiger partial charge is 0.354 e. The number of carboxylic acids is 2. The number of amidine groups is 1. The number of ether oxygens (including phenoxy) is 2. The number of pyridine rings is 2. The average Bonchev–Trinajstić information content (AvgIpc) is 4.34. The molecular formula is C59H80ClN11O6. The number of rotatable bonds is 13. The number of benzene rings is 2. The zero-order valence-electron chi connectivity index (χ0n) is 45.4. The summed E-state index contributed by atoms with van der Waals surface area (Å²) in [6.07, 6.45) is 18.4. The van der Waals surface area contributed by atoms with Crippen LogP contribution in [0.1, 0.15) is 161 Å². The van der Waals surface area contributed by atoms with Crippen molar-refractivity contribution >= 4 is 57.1 Å². The van der Waals surface area contributed by atoms with Crippen LogP contribution < -0.4 is 11.1 Å². The number of halogens is 1. The summed E-state index contributed by atoms with van der Waals surface area (Å²) in [5, 5.41) is 34.1. The Kier molecular flexibility index (Phi) is 21.2. The lowest BCUT2D eigenvalue weighted by atomic mass is 9.82. The van der Waals surface area contributed by atoms with Crippen LogP contribution in [0.15, 0.2) is 77.8 Å². The molecule has 5 N–H and O–H groups in total. The predicted molar refractivity (Wildman–Crippen MR) is 306 cm³/mol. The van der Waals surface area contributed by atoms with Crippen molar-refractivity contribution in [2.24, 2.45) is 10.7 Å². The lowest BCUT2D eigenvalue weighted by Gasteiger charge is -2.27. The highest BCUT2D eigenvalue weighted by atomic mass is 35.5. The highest BCUT2D eigenvalue weighted by Crippen LogP contribution is 2.43. The molecular weight excluding hydrogens is 994 g/mol. The molecule has 2 saturated carbocycles. The molecule has 2 atom stereocenters. The van der Waals surface area contributed by atoms with Crippen LogP contribution in [0.5, 0.6) is 0 Å². The maximum absolute atomic E-state index is 11.8. The number of nitrogens with one attached hydrogen (secondary N) is 1. The lowest BCUT2D eigenvalue weighted by molar-refractivity contribution is 0.0680. The quantitative estimate of drug-likeness (QED) is 0.0848. The fourth-order valence-corrected chi connectivity index (χ4v) is 10.8. The molecule has 18 heteroatoms. The number of aromatic carboxylic acids is 2. The zero-order chi connectivity index (χ0) is 54.1. The topological polar surface area (TPSA) is 211 Å². The van der Waals surface area contributed by atoms with Gasteiger partial charge in [-0.15, -0.1) is 0 Å². The number of hydrogen-bond donors (Lipinski definition) is 4. The molecule has 2 aromatic carbocycles. The van der Waals surface area contributed by atoms with Crippen LogP contribution in [-0.4, -0.2) is 145 Å². The van der Waals surface area contributed by atoms with E-state index in [1.165, 1.54) is 96.0 Å². The highest BCUT2D eigenvalue weighted by Gasteiger charge is 2.31. The van der Waals surface area contributed by atoms with Crippen molar-refractivity contribution in [3.05, 3.63) is 101 Å². The molecule has 414 valence electrons. The first-order valence-electron chi connectivity index (χ1n) is 28.4. The Labute approximate surface area is 458 Å². The summed E-state index contributed by atoms with van der Waals surface area (Å²) in [6, 6.07) is 22.4. The molecule has 3 saturated heterocycles. The molecule has 0 radical (unpaired) electrons. The third-order valence-electron chi connectivity index (χ3n) is 15.5. The number of aliphatic imine (C=N–C) groups is 1. The van der Waals surface area contributed by atoms with E-state index in [-0.39, 0.29) is 17.5 Å². The van der Waals surface area contributed by atoms with E-state index < -0.39 is 11.9 Å². The molecule has 12 rings (SSSR count). The van der Waals surface area contributed by atoms with E-state index in [0.29, 0.717) is 47.3 Å². The van der Waals surface area contributed by atoms with E-state index >= 15 is 0 Å². The highest BCUT2D eigenvalue weighted by molar-refractivity contribution is 6.35. The number of nitrogens with zero attached hydrogens (tertiary/aromatic N) is 9. The first-order chi connectivity index (χ1) is 37.6. The molecule has 0 amide bonds. The second kappa shape index (κ2) is 28.6. The summed E-state index contributed by atoms with van der Waals surface area (Å²) in [4.78, 5) is 41.3. The molecule has 2 aliphatic carbocycles. The van der Waals surface area contributed by atoms with Crippen molar-refractivity contribution in [3.8, 4) is 11.4 Å². The van der Waals surface area contributed by atoms with Gasteiger partial charge in [0.15, 0.2) is 22.7 Å². The van der Waals surface area contributed by atoms with Crippen LogP contribution in [0, 0.1) is 0 Å². The molecule has 6 aromatic rings. The summed E-state index contributed by atoms with van der Waals surface area (Å²) < 4.78 is 14.4. The molecule has 5 fully saturated rings. The van der Waals surface area contributed by atoms with Crippen molar-refractivity contribution in [1.82, 2.24) is 39.3 Å². The first-order valence-corrected chi connectivity index (χ1v) is 28.8. The van der Waals surface area contributed by atoms with Gasteiger partial charge < -0.3 is 40.5 Å². The summed E-state index contributed by atoms with van der Waals surface area (Å²) in [5.74, 6) is 0.0206. The minimum Gasteiger partial charge on any atom is -0.477 e. The average molecular weight is 1070 g/mol. The Morgan fingerprint density at radius 3 is 1.69 bits per heavy atom. The van der Waals surface area contributed by atoms with Crippen LogP contribution in [-0.2, 0) is 9.47 Å². The number of carbonyl (C=O) groups is 2. The van der Waals surface area contributed by atoms with E-state index in [4.69, 9.17) is 37.0 Å². The van der Waals surface area contributed by atoms with Crippen LogP contribution in [0.2, 0.25) is 5.02 Å². The number of hydrogen-bond acceptors (Lipinski definition) is 13. The summed E-state index contributed by atoms with van der Waals surface area (Å²) in [5.41, 5.74) is 10.8. The van der Waals surface area contributed by atoms with Crippen LogP contribution in [0.4, 0.5) is 5.69 Å². The van der Waals surface area contributed by atoms with Gasteiger partial charge in [-0.05, 0) is 127 Å². The number of fused-ring (bicyclic) bond motifs is 3. The number of anilines is 1. The monoisotopic (exact) mass is 1070 g/mol. The molecule has 0 unspecified atom stereocenters. The zero-order valence-corrected chi connectivity index (χ0v) is 46.2. The molecule has 4 aromatic heterocycles. The predicted octanol–water partition coefficient (Wildman–Crippen LogP) is 11.2. The van der Waals surface area contributed by atoms with Gasteiger partial charge in [-0.2, -0.15) is 10.2 Å². The first kappa shape index (κ1) is 57.2. The molecule has 8 heterocycles.